The molecule has 2 amide bonds. The number of hydrogen-bond donors (Lipinski definition) is 0. The zero-order chi connectivity index (χ0) is 18.4. The van der Waals surface area contributed by atoms with Crippen molar-refractivity contribution >= 4 is 34.8 Å². The monoisotopic (exact) mass is 360 g/mol. The molecular formula is C19H21ClN2O3. The van der Waals surface area contributed by atoms with E-state index in [9.17, 15) is 9.59 Å². The van der Waals surface area contributed by atoms with Crippen LogP contribution in [0.4, 0.5) is 11.4 Å². The molecule has 6 heteroatoms. The Labute approximate surface area is 152 Å². The van der Waals surface area contributed by atoms with Crippen LogP contribution in [0.25, 0.3) is 0 Å². The molecule has 0 N–H and O–H groups in total. The van der Waals surface area contributed by atoms with Crippen molar-refractivity contribution in [3.05, 3.63) is 53.6 Å². The third-order valence-electron chi connectivity index (χ3n) is 3.81. The van der Waals surface area contributed by atoms with E-state index in [1.54, 1.807) is 23.1 Å². The Bertz CT molecular complexity index is 750. The number of nitrogens with zero attached hydrogens (tertiary/aromatic N) is 2. The number of hydrogen-bond acceptors (Lipinski definition) is 3. The molecule has 2 aromatic rings. The topological polar surface area (TPSA) is 49.9 Å². The molecule has 0 aliphatic carbocycles. The van der Waals surface area contributed by atoms with Gasteiger partial charge < -0.3 is 14.5 Å². The lowest BCUT2D eigenvalue weighted by Gasteiger charge is -2.26. The van der Waals surface area contributed by atoms with Crippen LogP contribution >= 0.6 is 11.6 Å². The maximum atomic E-state index is 12.7. The number of amides is 2. The minimum atomic E-state index is -0.237. The summed E-state index contributed by atoms with van der Waals surface area (Å²) in [5.41, 5.74) is 1.35. The molecule has 0 aliphatic heterocycles. The first-order chi connectivity index (χ1) is 12.0. The lowest BCUT2D eigenvalue weighted by Crippen LogP contribution is -2.42. The number of ether oxygens (including phenoxy) is 1. The average Bonchev–Trinajstić information content (AvgIpc) is 2.61. The van der Waals surface area contributed by atoms with Crippen molar-refractivity contribution in [2.75, 3.05) is 30.0 Å². The van der Waals surface area contributed by atoms with Crippen LogP contribution in [0.3, 0.4) is 0 Å². The van der Waals surface area contributed by atoms with E-state index >= 15 is 0 Å². The Morgan fingerprint density at radius 2 is 1.72 bits per heavy atom. The highest BCUT2D eigenvalue weighted by Crippen LogP contribution is 2.29. The van der Waals surface area contributed by atoms with Gasteiger partial charge in [-0.3, -0.25) is 9.59 Å². The number of carbonyl (C=O) groups excluding carboxylic acids is 2. The van der Waals surface area contributed by atoms with Gasteiger partial charge in [0.05, 0.1) is 12.1 Å². The summed E-state index contributed by atoms with van der Waals surface area (Å²) in [4.78, 5) is 27.9. The smallest absolute Gasteiger partial charge is 0.247 e. The summed E-state index contributed by atoms with van der Waals surface area (Å²) in [7, 11) is 1.52. The second kappa shape index (κ2) is 8.53. The number of rotatable bonds is 6. The number of anilines is 2. The van der Waals surface area contributed by atoms with E-state index < -0.39 is 0 Å². The summed E-state index contributed by atoms with van der Waals surface area (Å²) in [5.74, 6) is 0.106. The first-order valence-corrected chi connectivity index (χ1v) is 8.32. The Morgan fingerprint density at radius 3 is 2.24 bits per heavy atom. The lowest BCUT2D eigenvalue weighted by atomic mass is 10.2. The molecule has 0 fully saturated rings. The van der Waals surface area contributed by atoms with Crippen LogP contribution in [0.5, 0.6) is 5.75 Å². The predicted octanol–water partition coefficient (Wildman–Crippen LogP) is 3.75. The zero-order valence-electron chi connectivity index (χ0n) is 14.5. The SMILES string of the molecule is CCN(C(=O)CN(C(C)=O)c1ccc(OC)c(Cl)c1)c1ccccc1. The second-order valence-electron chi connectivity index (χ2n) is 5.40. The molecule has 0 saturated carbocycles. The molecular weight excluding hydrogens is 340 g/mol. The number of likely N-dealkylation sites (N-methyl/N-ethyl adjacent to an activating group) is 1. The van der Waals surface area contributed by atoms with Crippen LogP contribution in [0.1, 0.15) is 13.8 Å². The summed E-state index contributed by atoms with van der Waals surface area (Å²) >= 11 is 6.14. The van der Waals surface area contributed by atoms with Crippen molar-refractivity contribution in [1.82, 2.24) is 0 Å². The summed E-state index contributed by atoms with van der Waals surface area (Å²) in [6.07, 6.45) is 0. The van der Waals surface area contributed by atoms with Crippen molar-refractivity contribution in [3.8, 4) is 5.75 Å². The van der Waals surface area contributed by atoms with Gasteiger partial charge >= 0.3 is 0 Å². The van der Waals surface area contributed by atoms with Crippen LogP contribution in [-0.4, -0.2) is 32.0 Å². The second-order valence-corrected chi connectivity index (χ2v) is 5.80. The van der Waals surface area contributed by atoms with E-state index in [2.05, 4.69) is 0 Å². The molecule has 0 aromatic heterocycles. The Kier molecular flexibility index (Phi) is 6.42. The van der Waals surface area contributed by atoms with E-state index in [1.165, 1.54) is 18.9 Å². The average molecular weight is 361 g/mol. The Morgan fingerprint density at radius 1 is 1.04 bits per heavy atom. The van der Waals surface area contributed by atoms with E-state index in [4.69, 9.17) is 16.3 Å². The van der Waals surface area contributed by atoms with Gasteiger partial charge in [-0.1, -0.05) is 29.8 Å². The van der Waals surface area contributed by atoms with Crippen LogP contribution in [0.15, 0.2) is 48.5 Å². The molecule has 0 bridgehead atoms. The normalized spacial score (nSPS) is 10.2. The van der Waals surface area contributed by atoms with Crippen molar-refractivity contribution in [2.45, 2.75) is 13.8 Å². The van der Waals surface area contributed by atoms with Gasteiger partial charge in [0.2, 0.25) is 11.8 Å². The van der Waals surface area contributed by atoms with Gasteiger partial charge in [0, 0.05) is 24.8 Å². The zero-order valence-corrected chi connectivity index (χ0v) is 15.3. The van der Waals surface area contributed by atoms with Gasteiger partial charge in [-0.15, -0.1) is 0 Å². The van der Waals surface area contributed by atoms with E-state index in [-0.39, 0.29) is 18.4 Å². The van der Waals surface area contributed by atoms with Crippen molar-refractivity contribution in [1.29, 1.82) is 0 Å². The predicted molar refractivity (Wildman–Crippen MR) is 101 cm³/mol. The highest BCUT2D eigenvalue weighted by Gasteiger charge is 2.21. The summed E-state index contributed by atoms with van der Waals surface area (Å²) < 4.78 is 5.12. The quantitative estimate of drug-likeness (QED) is 0.788. The molecule has 132 valence electrons. The molecule has 0 atom stereocenters. The first-order valence-electron chi connectivity index (χ1n) is 7.95. The third kappa shape index (κ3) is 4.51. The molecule has 0 unspecified atom stereocenters. The Balaban J connectivity index is 2.25. The molecule has 2 aromatic carbocycles. The highest BCUT2D eigenvalue weighted by molar-refractivity contribution is 6.32. The van der Waals surface area contributed by atoms with Crippen molar-refractivity contribution in [3.63, 3.8) is 0 Å². The van der Waals surface area contributed by atoms with Gasteiger partial charge in [0.25, 0.3) is 0 Å². The van der Waals surface area contributed by atoms with Gasteiger partial charge in [-0.2, -0.15) is 0 Å². The number of para-hydroxylation sites is 1. The maximum Gasteiger partial charge on any atom is 0.247 e. The standard InChI is InChI=1S/C19H21ClN2O3/c1-4-21(15-8-6-5-7-9-15)19(24)13-22(14(2)23)16-10-11-18(25-3)17(20)12-16/h5-12H,4,13H2,1-3H3. The van der Waals surface area contributed by atoms with Crippen LogP contribution in [0, 0.1) is 0 Å². The van der Waals surface area contributed by atoms with Gasteiger partial charge in [0.15, 0.2) is 0 Å². The van der Waals surface area contributed by atoms with E-state index in [0.29, 0.717) is 23.0 Å². The molecule has 5 nitrogen and oxygen atoms in total. The van der Waals surface area contributed by atoms with Crippen LogP contribution in [-0.2, 0) is 9.59 Å². The van der Waals surface area contributed by atoms with E-state index in [0.717, 1.165) is 5.69 Å². The van der Waals surface area contributed by atoms with E-state index in [1.807, 2.05) is 37.3 Å². The first kappa shape index (κ1) is 18.8. The molecule has 25 heavy (non-hydrogen) atoms. The van der Waals surface area contributed by atoms with Crippen molar-refractivity contribution < 1.29 is 14.3 Å². The largest absolute Gasteiger partial charge is 0.495 e. The third-order valence-corrected chi connectivity index (χ3v) is 4.10. The molecule has 0 spiro atoms. The molecule has 0 saturated heterocycles. The summed E-state index contributed by atoms with van der Waals surface area (Å²) in [5, 5.41) is 0.383. The summed E-state index contributed by atoms with van der Waals surface area (Å²) in [6, 6.07) is 14.4. The number of carbonyl (C=O) groups is 2. The number of halogens is 1. The number of methoxy groups -OCH3 is 1. The van der Waals surface area contributed by atoms with Crippen molar-refractivity contribution in [2.24, 2.45) is 0 Å². The molecule has 0 radical (unpaired) electrons. The fraction of sp³-hybridized carbons (Fsp3) is 0.263. The van der Waals surface area contributed by atoms with Crippen LogP contribution in [0.2, 0.25) is 5.02 Å². The van der Waals surface area contributed by atoms with Gasteiger partial charge in [0.1, 0.15) is 12.3 Å². The minimum Gasteiger partial charge on any atom is -0.495 e. The lowest BCUT2D eigenvalue weighted by molar-refractivity contribution is -0.121. The molecule has 0 aliphatic rings. The van der Waals surface area contributed by atoms with Gasteiger partial charge in [-0.05, 0) is 37.3 Å². The minimum absolute atomic E-state index is 0.0687. The highest BCUT2D eigenvalue weighted by atomic mass is 35.5. The summed E-state index contributed by atoms with van der Waals surface area (Å²) in [6.45, 7) is 3.76. The fourth-order valence-corrected chi connectivity index (χ4v) is 2.79. The van der Waals surface area contributed by atoms with Gasteiger partial charge in [-0.25, -0.2) is 0 Å². The molecule has 2 rings (SSSR count). The van der Waals surface area contributed by atoms with Crippen LogP contribution < -0.4 is 14.5 Å². The Hall–Kier alpha value is -2.53. The molecule has 0 heterocycles. The fourth-order valence-electron chi connectivity index (χ4n) is 2.54. The maximum absolute atomic E-state index is 12.7. The number of benzene rings is 2.